The van der Waals surface area contributed by atoms with E-state index in [4.69, 9.17) is 0 Å². The fraction of sp³-hybridized carbons (Fsp3) is 0.188. The van der Waals surface area contributed by atoms with Crippen LogP contribution in [-0.2, 0) is 14.8 Å². The van der Waals surface area contributed by atoms with E-state index in [9.17, 15) is 27.7 Å². The molecule has 0 spiro atoms. The maximum absolute atomic E-state index is 12.8. The van der Waals surface area contributed by atoms with Crippen LogP contribution in [0.3, 0.4) is 0 Å². The Bertz CT molecular complexity index is 900. The minimum absolute atomic E-state index is 0.0159. The van der Waals surface area contributed by atoms with E-state index >= 15 is 0 Å². The maximum atomic E-state index is 12.8. The van der Waals surface area contributed by atoms with Gasteiger partial charge >= 0.3 is 0 Å². The second kappa shape index (κ2) is 8.50. The fourth-order valence-corrected chi connectivity index (χ4v) is 3.15. The minimum atomic E-state index is -3.77. The smallest absolute Gasteiger partial charge is 0.271 e. The van der Waals surface area contributed by atoms with Crippen molar-refractivity contribution in [1.29, 1.82) is 0 Å². The zero-order valence-corrected chi connectivity index (χ0v) is 14.3. The Morgan fingerprint density at radius 3 is 2.50 bits per heavy atom. The number of carbonyl (C=O) groups is 1. The van der Waals surface area contributed by atoms with E-state index in [0.717, 1.165) is 24.3 Å². The fourth-order valence-electron chi connectivity index (χ4n) is 2.07. The first-order chi connectivity index (χ1) is 12.3. The summed E-state index contributed by atoms with van der Waals surface area (Å²) in [6.45, 7) is 0.0159. The number of halogens is 1. The Balaban J connectivity index is 1.80. The zero-order chi connectivity index (χ0) is 19.2. The molecular weight excluding hydrogens is 365 g/mol. The van der Waals surface area contributed by atoms with Crippen LogP contribution in [0.15, 0.2) is 53.4 Å². The van der Waals surface area contributed by atoms with Gasteiger partial charge in [-0.3, -0.25) is 14.9 Å². The highest BCUT2D eigenvalue weighted by atomic mass is 32.2. The Kier molecular flexibility index (Phi) is 6.36. The molecule has 0 bridgehead atoms. The van der Waals surface area contributed by atoms with Gasteiger partial charge in [0.2, 0.25) is 15.9 Å². The summed E-state index contributed by atoms with van der Waals surface area (Å²) in [6.07, 6.45) is 0.246. The van der Waals surface area contributed by atoms with Crippen molar-refractivity contribution < 1.29 is 22.5 Å². The summed E-state index contributed by atoms with van der Waals surface area (Å²) in [5.74, 6) is -0.937. The van der Waals surface area contributed by atoms with Gasteiger partial charge in [-0.15, -0.1) is 0 Å². The molecule has 0 aliphatic carbocycles. The molecule has 2 aromatic carbocycles. The zero-order valence-electron chi connectivity index (χ0n) is 13.5. The quantitative estimate of drug-likeness (QED) is 0.414. The number of amides is 1. The molecule has 0 aliphatic heterocycles. The normalized spacial score (nSPS) is 11.1. The maximum Gasteiger partial charge on any atom is 0.271 e. The second-order valence-electron chi connectivity index (χ2n) is 5.31. The van der Waals surface area contributed by atoms with Crippen molar-refractivity contribution in [2.45, 2.75) is 17.7 Å². The Morgan fingerprint density at radius 2 is 1.85 bits per heavy atom. The van der Waals surface area contributed by atoms with Crippen LogP contribution in [0.2, 0.25) is 0 Å². The molecule has 0 radical (unpaired) electrons. The van der Waals surface area contributed by atoms with E-state index in [1.54, 1.807) is 0 Å². The van der Waals surface area contributed by atoms with Crippen LogP contribution in [0.25, 0.3) is 0 Å². The van der Waals surface area contributed by atoms with Gasteiger partial charge in [-0.05, 0) is 36.8 Å². The highest BCUT2D eigenvalue weighted by Gasteiger charge is 2.13. The number of carbonyl (C=O) groups excluding carboxylic acids is 1. The first-order valence-corrected chi connectivity index (χ1v) is 9.06. The lowest BCUT2D eigenvalue weighted by molar-refractivity contribution is -0.384. The highest BCUT2D eigenvalue weighted by Crippen LogP contribution is 2.17. The van der Waals surface area contributed by atoms with Gasteiger partial charge in [0.05, 0.1) is 9.82 Å². The number of hydrogen-bond donors (Lipinski definition) is 2. The molecule has 0 aromatic heterocycles. The number of non-ortho nitro benzene ring substituents is 1. The van der Waals surface area contributed by atoms with Crippen LogP contribution in [0.5, 0.6) is 0 Å². The molecule has 0 saturated carbocycles. The van der Waals surface area contributed by atoms with E-state index < -0.39 is 26.7 Å². The summed E-state index contributed by atoms with van der Waals surface area (Å²) >= 11 is 0. The first kappa shape index (κ1) is 19.5. The number of nitrogens with one attached hydrogen (secondary N) is 2. The second-order valence-corrected chi connectivity index (χ2v) is 7.08. The summed E-state index contributed by atoms with van der Waals surface area (Å²) in [5.41, 5.74) is 0.144. The summed E-state index contributed by atoms with van der Waals surface area (Å²) in [7, 11) is -3.77. The summed E-state index contributed by atoms with van der Waals surface area (Å²) in [4.78, 5) is 21.9. The largest absolute Gasteiger partial charge is 0.326 e. The Labute approximate surface area is 149 Å². The molecule has 0 aliphatic rings. The van der Waals surface area contributed by atoms with Crippen LogP contribution in [0.1, 0.15) is 12.8 Å². The number of rotatable bonds is 8. The van der Waals surface area contributed by atoms with Crippen molar-refractivity contribution in [2.24, 2.45) is 0 Å². The van der Waals surface area contributed by atoms with Crippen LogP contribution < -0.4 is 10.0 Å². The van der Waals surface area contributed by atoms with Gasteiger partial charge in [-0.2, -0.15) is 0 Å². The van der Waals surface area contributed by atoms with Crippen molar-refractivity contribution in [1.82, 2.24) is 4.72 Å². The molecule has 2 aromatic rings. The van der Waals surface area contributed by atoms with Gasteiger partial charge in [0.25, 0.3) is 5.69 Å². The number of nitrogens with zero attached hydrogens (tertiary/aromatic N) is 1. The van der Waals surface area contributed by atoms with Gasteiger partial charge < -0.3 is 5.32 Å². The van der Waals surface area contributed by atoms with E-state index in [2.05, 4.69) is 10.0 Å². The highest BCUT2D eigenvalue weighted by molar-refractivity contribution is 7.89. The monoisotopic (exact) mass is 381 g/mol. The predicted molar refractivity (Wildman–Crippen MR) is 92.5 cm³/mol. The van der Waals surface area contributed by atoms with E-state index in [-0.39, 0.29) is 35.7 Å². The average Bonchev–Trinajstić information content (AvgIpc) is 2.59. The van der Waals surface area contributed by atoms with Gasteiger partial charge in [0.1, 0.15) is 5.82 Å². The number of nitro groups is 1. The molecule has 2 rings (SSSR count). The van der Waals surface area contributed by atoms with Crippen molar-refractivity contribution in [2.75, 3.05) is 11.9 Å². The molecule has 0 atom stereocenters. The summed E-state index contributed by atoms with van der Waals surface area (Å²) < 4.78 is 39.1. The van der Waals surface area contributed by atoms with Crippen molar-refractivity contribution in [3.8, 4) is 0 Å². The summed E-state index contributed by atoms with van der Waals surface area (Å²) in [5, 5.41) is 13.2. The number of hydrogen-bond acceptors (Lipinski definition) is 5. The molecule has 10 heteroatoms. The third-order valence-corrected chi connectivity index (χ3v) is 4.81. The molecule has 138 valence electrons. The Morgan fingerprint density at radius 1 is 1.15 bits per heavy atom. The topological polar surface area (TPSA) is 118 Å². The van der Waals surface area contributed by atoms with Crippen molar-refractivity contribution in [3.05, 3.63) is 64.5 Å². The molecule has 2 N–H and O–H groups in total. The average molecular weight is 381 g/mol. The van der Waals surface area contributed by atoms with Crippen LogP contribution in [0, 0.1) is 15.9 Å². The van der Waals surface area contributed by atoms with Gasteiger partial charge in [-0.1, -0.05) is 6.07 Å². The SMILES string of the molecule is O=C(CCCNS(=O)(=O)c1ccc(F)cc1)Nc1cccc([N+](=O)[O-])c1. The molecule has 0 unspecified atom stereocenters. The lowest BCUT2D eigenvalue weighted by Gasteiger charge is -2.07. The predicted octanol–water partition coefficient (Wildman–Crippen LogP) is 2.43. The van der Waals surface area contributed by atoms with Gasteiger partial charge in [0, 0.05) is 30.8 Å². The third kappa shape index (κ3) is 5.60. The molecule has 0 saturated heterocycles. The van der Waals surface area contributed by atoms with Crippen LogP contribution in [-0.4, -0.2) is 25.8 Å². The van der Waals surface area contributed by atoms with Crippen LogP contribution >= 0.6 is 0 Å². The molecule has 26 heavy (non-hydrogen) atoms. The standard InChI is InChI=1S/C16H16FN3O5S/c17-12-6-8-15(9-7-12)26(24,25)18-10-2-5-16(21)19-13-3-1-4-14(11-13)20(22)23/h1,3-4,6-9,11,18H,2,5,10H2,(H,19,21). The lowest BCUT2D eigenvalue weighted by Crippen LogP contribution is -2.25. The lowest BCUT2D eigenvalue weighted by atomic mass is 10.2. The Hall–Kier alpha value is -2.85. The van der Waals surface area contributed by atoms with E-state index in [1.165, 1.54) is 24.3 Å². The van der Waals surface area contributed by atoms with Crippen LogP contribution in [0.4, 0.5) is 15.8 Å². The van der Waals surface area contributed by atoms with E-state index in [0.29, 0.717) is 0 Å². The molecule has 0 fully saturated rings. The number of sulfonamides is 1. The molecule has 0 heterocycles. The minimum Gasteiger partial charge on any atom is -0.326 e. The number of anilines is 1. The number of nitro benzene ring substituents is 1. The third-order valence-electron chi connectivity index (χ3n) is 3.34. The molecule has 1 amide bonds. The van der Waals surface area contributed by atoms with Gasteiger partial charge in [-0.25, -0.2) is 17.5 Å². The van der Waals surface area contributed by atoms with Gasteiger partial charge in [0.15, 0.2) is 0 Å². The first-order valence-electron chi connectivity index (χ1n) is 7.57. The summed E-state index contributed by atoms with van der Waals surface area (Å²) in [6, 6.07) is 9.88. The van der Waals surface area contributed by atoms with Crippen molar-refractivity contribution >= 4 is 27.3 Å². The molecule has 8 nitrogen and oxygen atoms in total. The van der Waals surface area contributed by atoms with E-state index in [1.807, 2.05) is 0 Å². The number of benzene rings is 2. The van der Waals surface area contributed by atoms with Crippen molar-refractivity contribution in [3.63, 3.8) is 0 Å². The molecular formula is C16H16FN3O5S.